The first-order chi connectivity index (χ1) is 12.9. The number of likely N-dealkylation sites (N-methyl/N-ethyl adjacent to an activating group) is 1. The Morgan fingerprint density at radius 3 is 1.41 bits per heavy atom. The number of nitrogens with zero attached hydrogens (tertiary/aromatic N) is 1. The summed E-state index contributed by atoms with van der Waals surface area (Å²) in [5, 5.41) is 0. The van der Waals surface area contributed by atoms with Gasteiger partial charge in [0, 0.05) is 23.3 Å². The van der Waals surface area contributed by atoms with Gasteiger partial charge >= 0.3 is 17.9 Å². The molecular weight excluding hydrogens is 398 g/mol. The molecule has 0 radical (unpaired) electrons. The molecule has 0 heterocycles. The van der Waals surface area contributed by atoms with Crippen LogP contribution in [0.3, 0.4) is 0 Å². The Hall–Kier alpha value is -2.12. The summed E-state index contributed by atoms with van der Waals surface area (Å²) in [4.78, 5) is 33.6. The maximum Gasteiger partial charge on any atom is 0.333 e. The van der Waals surface area contributed by atoms with Crippen molar-refractivity contribution in [2.75, 3.05) is 41.0 Å². The van der Waals surface area contributed by atoms with Crippen molar-refractivity contribution in [2.45, 2.75) is 40.5 Å². The second-order valence-electron chi connectivity index (χ2n) is 6.26. The summed E-state index contributed by atoms with van der Waals surface area (Å²) in [6.07, 6.45) is 1.97. The van der Waals surface area contributed by atoms with Crippen molar-refractivity contribution >= 4 is 30.3 Å². The van der Waals surface area contributed by atoms with E-state index in [0.717, 1.165) is 19.4 Å². The second-order valence-corrected chi connectivity index (χ2v) is 6.26. The predicted octanol–water partition coefficient (Wildman–Crippen LogP) is 3.73. The smallest absolute Gasteiger partial charge is 0.333 e. The molecule has 0 aromatic carbocycles. The standard InChI is InChI=1S/C8H15NO2.C8H14O2.C5H8O2.ClH/c1-7(2)8(10)11-6-5-9(3)4;1-4-5-6-10-8(9)7(2)3;1-4(2)5(6)7-3;/h1,5-6H2,2-4H3;2,4-6H2,1,3H3;1H2,2-3H3;1H. The van der Waals surface area contributed by atoms with Crippen LogP contribution in [0.5, 0.6) is 0 Å². The van der Waals surface area contributed by atoms with E-state index in [1.165, 1.54) is 7.11 Å². The van der Waals surface area contributed by atoms with Crippen LogP contribution < -0.4 is 0 Å². The third-order valence-corrected chi connectivity index (χ3v) is 2.73. The fourth-order valence-electron chi connectivity index (χ4n) is 1.05. The van der Waals surface area contributed by atoms with E-state index >= 15 is 0 Å². The van der Waals surface area contributed by atoms with Crippen LogP contribution >= 0.6 is 12.4 Å². The number of halogens is 1. The Morgan fingerprint density at radius 1 is 0.793 bits per heavy atom. The summed E-state index contributed by atoms with van der Waals surface area (Å²) in [5.41, 5.74) is 1.35. The lowest BCUT2D eigenvalue weighted by Gasteiger charge is -2.09. The summed E-state index contributed by atoms with van der Waals surface area (Å²) < 4.78 is 13.9. The number of hydrogen-bond donors (Lipinski definition) is 0. The Kier molecular flexibility index (Phi) is 26.3. The van der Waals surface area contributed by atoms with Crippen LogP contribution in [0.25, 0.3) is 0 Å². The van der Waals surface area contributed by atoms with Gasteiger partial charge in [0.2, 0.25) is 0 Å². The van der Waals surface area contributed by atoms with Crippen LogP contribution in [0.4, 0.5) is 0 Å². The van der Waals surface area contributed by atoms with Gasteiger partial charge in [0.25, 0.3) is 0 Å². The maximum atomic E-state index is 10.8. The summed E-state index contributed by atoms with van der Waals surface area (Å²) in [5.74, 6) is -0.944. The highest BCUT2D eigenvalue weighted by Gasteiger charge is 2.02. The van der Waals surface area contributed by atoms with Gasteiger partial charge in [0.15, 0.2) is 0 Å². The van der Waals surface area contributed by atoms with Crippen molar-refractivity contribution < 1.29 is 28.6 Å². The van der Waals surface area contributed by atoms with Crippen molar-refractivity contribution in [1.29, 1.82) is 0 Å². The molecule has 29 heavy (non-hydrogen) atoms. The third-order valence-electron chi connectivity index (χ3n) is 2.73. The van der Waals surface area contributed by atoms with E-state index < -0.39 is 0 Å². The molecule has 0 rings (SSSR count). The molecule has 0 aliphatic carbocycles. The van der Waals surface area contributed by atoms with Gasteiger partial charge in [-0.25, -0.2) is 14.4 Å². The van der Waals surface area contributed by atoms with E-state index in [0.29, 0.717) is 29.9 Å². The Balaban J connectivity index is -0.000000163. The third kappa shape index (κ3) is 28.2. The molecule has 170 valence electrons. The van der Waals surface area contributed by atoms with Crippen molar-refractivity contribution in [3.8, 4) is 0 Å². The van der Waals surface area contributed by atoms with Gasteiger partial charge in [-0.2, -0.15) is 0 Å². The SMILES string of the molecule is C=C(C)C(=O)OC.C=C(C)C(=O)OCCCC.C=C(C)C(=O)OCCN(C)C.Cl. The summed E-state index contributed by atoms with van der Waals surface area (Å²) in [7, 11) is 5.18. The van der Waals surface area contributed by atoms with E-state index in [1.54, 1.807) is 20.8 Å². The highest BCUT2D eigenvalue weighted by atomic mass is 35.5. The van der Waals surface area contributed by atoms with Gasteiger partial charge in [0.1, 0.15) is 6.61 Å². The number of ether oxygens (including phenoxy) is 3. The Labute approximate surface area is 182 Å². The fraction of sp³-hybridized carbons (Fsp3) is 0.571. The molecule has 7 nitrogen and oxygen atoms in total. The first-order valence-corrected chi connectivity index (χ1v) is 8.94. The summed E-state index contributed by atoms with van der Waals surface area (Å²) >= 11 is 0. The number of rotatable bonds is 9. The number of carbonyl (C=O) groups is 3. The zero-order chi connectivity index (χ0) is 22.7. The minimum absolute atomic E-state index is 0. The number of esters is 3. The zero-order valence-corrected chi connectivity index (χ0v) is 19.8. The van der Waals surface area contributed by atoms with Crippen LogP contribution in [-0.2, 0) is 28.6 Å². The van der Waals surface area contributed by atoms with E-state index in [9.17, 15) is 14.4 Å². The van der Waals surface area contributed by atoms with Gasteiger partial charge in [-0.1, -0.05) is 33.1 Å². The molecule has 0 saturated heterocycles. The van der Waals surface area contributed by atoms with Gasteiger partial charge < -0.3 is 19.1 Å². The molecule has 0 fully saturated rings. The predicted molar refractivity (Wildman–Crippen MR) is 119 cm³/mol. The van der Waals surface area contributed by atoms with Crippen molar-refractivity contribution in [2.24, 2.45) is 0 Å². The van der Waals surface area contributed by atoms with Gasteiger partial charge in [0.05, 0.1) is 13.7 Å². The molecule has 0 spiro atoms. The lowest BCUT2D eigenvalue weighted by atomic mass is 10.3. The molecule has 0 saturated carbocycles. The monoisotopic (exact) mass is 435 g/mol. The molecule has 0 aromatic rings. The largest absolute Gasteiger partial charge is 0.466 e. The number of unbranched alkanes of at least 4 members (excludes halogenated alkanes) is 1. The number of carbonyl (C=O) groups excluding carboxylic acids is 3. The van der Waals surface area contributed by atoms with Crippen LogP contribution in [-0.4, -0.2) is 63.8 Å². The fourth-order valence-corrected chi connectivity index (χ4v) is 1.05. The van der Waals surface area contributed by atoms with Crippen LogP contribution in [0.2, 0.25) is 0 Å². The van der Waals surface area contributed by atoms with Crippen molar-refractivity contribution in [3.63, 3.8) is 0 Å². The minimum atomic E-state index is -0.347. The molecule has 0 unspecified atom stereocenters. The number of methoxy groups -OCH3 is 1. The molecule has 0 aromatic heterocycles. The highest BCUT2D eigenvalue weighted by Crippen LogP contribution is 1.94. The van der Waals surface area contributed by atoms with E-state index in [-0.39, 0.29) is 30.3 Å². The maximum absolute atomic E-state index is 10.8. The lowest BCUT2D eigenvalue weighted by molar-refractivity contribution is -0.140. The van der Waals surface area contributed by atoms with Gasteiger partial charge in [-0.3, -0.25) is 0 Å². The highest BCUT2D eigenvalue weighted by molar-refractivity contribution is 5.87. The Bertz CT molecular complexity index is 529. The van der Waals surface area contributed by atoms with Crippen LogP contribution in [0.15, 0.2) is 36.5 Å². The second kappa shape index (κ2) is 22.2. The van der Waals surface area contributed by atoms with Gasteiger partial charge in [-0.05, 0) is 41.3 Å². The average Bonchev–Trinajstić information content (AvgIpc) is 2.61. The lowest BCUT2D eigenvalue weighted by Crippen LogP contribution is -2.20. The first kappa shape index (κ1) is 34.4. The summed E-state index contributed by atoms with van der Waals surface area (Å²) in [6.45, 7) is 18.9. The summed E-state index contributed by atoms with van der Waals surface area (Å²) in [6, 6.07) is 0. The molecule has 0 atom stereocenters. The molecule has 0 N–H and O–H groups in total. The topological polar surface area (TPSA) is 82.1 Å². The number of hydrogen-bond acceptors (Lipinski definition) is 7. The van der Waals surface area contributed by atoms with Crippen LogP contribution in [0, 0.1) is 0 Å². The quantitative estimate of drug-likeness (QED) is 0.236. The molecule has 0 bridgehead atoms. The van der Waals surface area contributed by atoms with Crippen molar-refractivity contribution in [1.82, 2.24) is 4.90 Å². The minimum Gasteiger partial charge on any atom is -0.466 e. The van der Waals surface area contributed by atoms with E-state index in [4.69, 9.17) is 9.47 Å². The van der Waals surface area contributed by atoms with E-state index in [1.807, 2.05) is 19.0 Å². The van der Waals surface area contributed by atoms with Crippen LogP contribution in [0.1, 0.15) is 40.5 Å². The molecule has 0 aliphatic rings. The van der Waals surface area contributed by atoms with Gasteiger partial charge in [-0.15, -0.1) is 12.4 Å². The normalized spacial score (nSPS) is 8.69. The zero-order valence-electron chi connectivity index (χ0n) is 19.0. The molecule has 0 amide bonds. The molecule has 8 heteroatoms. The Morgan fingerprint density at radius 2 is 1.17 bits per heavy atom. The van der Waals surface area contributed by atoms with E-state index in [2.05, 4.69) is 31.4 Å². The molecule has 0 aliphatic heterocycles. The molecular formula is C21H38ClNO6. The first-order valence-electron chi connectivity index (χ1n) is 8.94. The average molecular weight is 436 g/mol. The van der Waals surface area contributed by atoms with Crippen molar-refractivity contribution in [3.05, 3.63) is 36.5 Å².